The highest BCUT2D eigenvalue weighted by Crippen LogP contribution is 2.36. The first-order valence-electron chi connectivity index (χ1n) is 8.50. The molecule has 0 aliphatic carbocycles. The lowest BCUT2D eigenvalue weighted by molar-refractivity contribution is 0.145. The fraction of sp³-hybridized carbons (Fsp3) is 0.217. The largest absolute Gasteiger partial charge is 0.455 e. The van der Waals surface area contributed by atoms with Crippen LogP contribution in [0.15, 0.2) is 24.3 Å². The molecule has 0 aliphatic rings. The van der Waals surface area contributed by atoms with Gasteiger partial charge in [0, 0.05) is 17.2 Å². The zero-order chi connectivity index (χ0) is 21.2. The number of halogens is 1. The van der Waals surface area contributed by atoms with Gasteiger partial charge < -0.3 is 14.2 Å². The topological polar surface area (TPSA) is 75.3 Å². The zero-order valence-corrected chi connectivity index (χ0v) is 16.5. The van der Waals surface area contributed by atoms with Gasteiger partial charge in [0.2, 0.25) is 0 Å². The van der Waals surface area contributed by atoms with Gasteiger partial charge in [-0.1, -0.05) is 41.1 Å². The van der Waals surface area contributed by atoms with Crippen molar-refractivity contribution in [2.45, 2.75) is 20.1 Å². The van der Waals surface area contributed by atoms with Gasteiger partial charge in [0.1, 0.15) is 36.9 Å². The molecule has 0 atom stereocenters. The summed E-state index contributed by atoms with van der Waals surface area (Å²) in [6, 6.07) is 10.5. The van der Waals surface area contributed by atoms with Gasteiger partial charge >= 0.3 is 0 Å². The standard InChI is InChI=1S/C23H17ClN2O3/c1-4-6-27-14-19-8-16(3)9-20(15-28-7-5-2)23(19)29-22-11-18(13-26)17(12-25)10-21(22)24/h1-2,8-11H,6-7,14-15H2,3H3. The smallest absolute Gasteiger partial charge is 0.147 e. The summed E-state index contributed by atoms with van der Waals surface area (Å²) in [7, 11) is 0. The van der Waals surface area contributed by atoms with Crippen molar-refractivity contribution in [1.82, 2.24) is 0 Å². The Labute approximate surface area is 175 Å². The number of hydrogen-bond donors (Lipinski definition) is 0. The molecule has 5 nitrogen and oxygen atoms in total. The van der Waals surface area contributed by atoms with Gasteiger partial charge in [-0.05, 0) is 13.0 Å². The number of hydrogen-bond acceptors (Lipinski definition) is 5. The summed E-state index contributed by atoms with van der Waals surface area (Å²) in [6.45, 7) is 2.64. The zero-order valence-electron chi connectivity index (χ0n) is 15.8. The van der Waals surface area contributed by atoms with E-state index in [1.165, 1.54) is 12.1 Å². The minimum absolute atomic E-state index is 0.145. The molecular formula is C23H17ClN2O3. The Morgan fingerprint density at radius 3 is 1.90 bits per heavy atom. The predicted molar refractivity (Wildman–Crippen MR) is 109 cm³/mol. The molecule has 0 N–H and O–H groups in total. The van der Waals surface area contributed by atoms with Gasteiger partial charge in [0.25, 0.3) is 0 Å². The third kappa shape index (κ3) is 5.76. The summed E-state index contributed by atoms with van der Waals surface area (Å²) in [4.78, 5) is 0. The molecule has 0 amide bonds. The molecule has 0 heterocycles. The Morgan fingerprint density at radius 1 is 0.897 bits per heavy atom. The first-order chi connectivity index (χ1) is 14.0. The lowest BCUT2D eigenvalue weighted by Crippen LogP contribution is -2.04. The first-order valence-corrected chi connectivity index (χ1v) is 8.88. The number of nitriles is 2. The molecule has 2 aromatic rings. The molecule has 144 valence electrons. The van der Waals surface area contributed by atoms with E-state index in [0.29, 0.717) is 5.75 Å². The van der Waals surface area contributed by atoms with Crippen LogP contribution in [0.3, 0.4) is 0 Å². The highest BCUT2D eigenvalue weighted by Gasteiger charge is 2.17. The summed E-state index contributed by atoms with van der Waals surface area (Å²) in [5, 5.41) is 18.6. The van der Waals surface area contributed by atoms with Gasteiger partial charge in [-0.15, -0.1) is 12.8 Å². The molecule has 2 aromatic carbocycles. The average molecular weight is 405 g/mol. The highest BCUT2D eigenvalue weighted by molar-refractivity contribution is 6.32. The summed E-state index contributed by atoms with van der Waals surface area (Å²) >= 11 is 6.28. The normalized spacial score (nSPS) is 9.72. The van der Waals surface area contributed by atoms with Crippen molar-refractivity contribution in [3.63, 3.8) is 0 Å². The van der Waals surface area contributed by atoms with Crippen LogP contribution >= 0.6 is 11.6 Å². The fourth-order valence-corrected chi connectivity index (χ4v) is 2.84. The van der Waals surface area contributed by atoms with E-state index in [2.05, 4.69) is 11.8 Å². The Kier molecular flexibility index (Phi) is 8.12. The Morgan fingerprint density at radius 2 is 1.41 bits per heavy atom. The van der Waals surface area contributed by atoms with Crippen LogP contribution in [0.1, 0.15) is 27.8 Å². The summed E-state index contributed by atoms with van der Waals surface area (Å²) in [6.07, 6.45) is 10.5. The number of benzene rings is 2. The molecule has 0 saturated heterocycles. The van der Waals surface area contributed by atoms with Crippen molar-refractivity contribution in [2.24, 2.45) is 0 Å². The van der Waals surface area contributed by atoms with Crippen LogP contribution in [-0.4, -0.2) is 13.2 Å². The second-order valence-electron chi connectivity index (χ2n) is 5.96. The summed E-state index contributed by atoms with van der Waals surface area (Å²) < 4.78 is 17.0. The molecule has 0 aromatic heterocycles. The number of terminal acetylenes is 2. The Hall–Kier alpha value is -3.45. The van der Waals surface area contributed by atoms with Crippen LogP contribution in [-0.2, 0) is 22.7 Å². The molecule has 0 spiro atoms. The minimum atomic E-state index is 0.145. The van der Waals surface area contributed by atoms with Crippen molar-refractivity contribution in [1.29, 1.82) is 10.5 Å². The van der Waals surface area contributed by atoms with Crippen LogP contribution < -0.4 is 4.74 Å². The molecule has 0 aliphatic heterocycles. The van der Waals surface area contributed by atoms with Crippen molar-refractivity contribution >= 4 is 11.6 Å². The van der Waals surface area contributed by atoms with Crippen LogP contribution in [0.5, 0.6) is 11.5 Å². The number of aryl methyl sites for hydroxylation is 1. The summed E-state index contributed by atoms with van der Waals surface area (Å²) in [5.41, 5.74) is 2.77. The van der Waals surface area contributed by atoms with E-state index in [1.807, 2.05) is 31.2 Å². The third-order valence-electron chi connectivity index (χ3n) is 3.80. The van der Waals surface area contributed by atoms with Crippen molar-refractivity contribution in [3.8, 4) is 48.3 Å². The van der Waals surface area contributed by atoms with E-state index in [9.17, 15) is 5.26 Å². The lowest BCUT2D eigenvalue weighted by atomic mass is 10.0. The van der Waals surface area contributed by atoms with E-state index in [1.54, 1.807) is 0 Å². The second-order valence-corrected chi connectivity index (χ2v) is 6.37. The monoisotopic (exact) mass is 404 g/mol. The molecule has 0 fully saturated rings. The van der Waals surface area contributed by atoms with Crippen LogP contribution in [0.2, 0.25) is 5.02 Å². The first kappa shape index (κ1) is 21.8. The van der Waals surface area contributed by atoms with E-state index in [0.717, 1.165) is 16.7 Å². The fourth-order valence-electron chi connectivity index (χ4n) is 2.64. The molecule has 6 heteroatoms. The van der Waals surface area contributed by atoms with E-state index < -0.39 is 0 Å². The van der Waals surface area contributed by atoms with E-state index in [4.69, 9.17) is 43.9 Å². The van der Waals surface area contributed by atoms with Gasteiger partial charge in [-0.2, -0.15) is 10.5 Å². The number of nitrogens with zero attached hydrogens (tertiary/aromatic N) is 2. The quantitative estimate of drug-likeness (QED) is 0.479. The maximum Gasteiger partial charge on any atom is 0.147 e. The van der Waals surface area contributed by atoms with Crippen molar-refractivity contribution < 1.29 is 14.2 Å². The van der Waals surface area contributed by atoms with Gasteiger partial charge in [0.15, 0.2) is 0 Å². The molecule has 2 rings (SSSR count). The Bertz CT molecular complexity index is 1020. The molecule has 0 radical (unpaired) electrons. The van der Waals surface area contributed by atoms with E-state index >= 15 is 0 Å². The predicted octanol–water partition coefficient (Wildman–Crippen LogP) is 4.48. The van der Waals surface area contributed by atoms with Gasteiger partial charge in [0.05, 0.1) is 29.4 Å². The lowest BCUT2D eigenvalue weighted by Gasteiger charge is -2.18. The number of rotatable bonds is 8. The third-order valence-corrected chi connectivity index (χ3v) is 4.09. The van der Waals surface area contributed by atoms with Gasteiger partial charge in [-0.3, -0.25) is 0 Å². The molecule has 0 unspecified atom stereocenters. The maximum absolute atomic E-state index is 9.29. The maximum atomic E-state index is 9.29. The summed E-state index contributed by atoms with van der Waals surface area (Å²) in [5.74, 6) is 5.55. The van der Waals surface area contributed by atoms with Crippen LogP contribution in [0.4, 0.5) is 0 Å². The number of ether oxygens (including phenoxy) is 3. The highest BCUT2D eigenvalue weighted by atomic mass is 35.5. The molecular weight excluding hydrogens is 388 g/mol. The van der Waals surface area contributed by atoms with Crippen molar-refractivity contribution in [3.05, 3.63) is 57.1 Å². The molecule has 29 heavy (non-hydrogen) atoms. The molecule has 0 saturated carbocycles. The SMILES string of the molecule is C#CCOCc1cc(C)cc(COCC#C)c1Oc1cc(C#N)c(C#N)cc1Cl. The minimum Gasteiger partial charge on any atom is -0.455 e. The van der Waals surface area contributed by atoms with Crippen LogP contribution in [0.25, 0.3) is 0 Å². The molecule has 0 bridgehead atoms. The van der Waals surface area contributed by atoms with E-state index in [-0.39, 0.29) is 48.3 Å². The Balaban J connectivity index is 2.51. The van der Waals surface area contributed by atoms with Crippen LogP contribution in [0, 0.1) is 54.3 Å². The van der Waals surface area contributed by atoms with Gasteiger partial charge in [-0.25, -0.2) is 0 Å². The van der Waals surface area contributed by atoms with Crippen molar-refractivity contribution in [2.75, 3.05) is 13.2 Å². The second kappa shape index (κ2) is 10.8. The average Bonchev–Trinajstić information content (AvgIpc) is 2.71.